The van der Waals surface area contributed by atoms with Gasteiger partial charge in [0.1, 0.15) is 0 Å². The van der Waals surface area contributed by atoms with Gasteiger partial charge in [0.05, 0.1) is 6.54 Å². The predicted molar refractivity (Wildman–Crippen MR) is 101 cm³/mol. The van der Waals surface area contributed by atoms with Crippen LogP contribution in [0, 0.1) is 0 Å². The number of anilines is 1. The van der Waals surface area contributed by atoms with Gasteiger partial charge in [0.15, 0.2) is 0 Å². The molecule has 0 aliphatic heterocycles. The zero-order valence-corrected chi connectivity index (χ0v) is 15.0. The average Bonchev–Trinajstić information content (AvgIpc) is 2.58. The molecule has 1 aromatic heterocycles. The highest BCUT2D eigenvalue weighted by Gasteiger charge is 2.15. The van der Waals surface area contributed by atoms with Gasteiger partial charge in [0.25, 0.3) is 5.56 Å². The summed E-state index contributed by atoms with van der Waals surface area (Å²) in [7, 11) is 1.80. The summed E-state index contributed by atoms with van der Waals surface area (Å²) in [5, 5.41) is 2.89. The number of aromatic nitrogens is 1. The Hall–Kier alpha value is -2.21. The maximum Gasteiger partial charge on any atom is 0.321 e. The Morgan fingerprint density at radius 3 is 2.58 bits per heavy atom. The Kier molecular flexibility index (Phi) is 6.49. The predicted octanol–water partition coefficient (Wildman–Crippen LogP) is 3.11. The summed E-state index contributed by atoms with van der Waals surface area (Å²) >= 11 is 1.72. The molecule has 0 radical (unpaired) electrons. The number of pyridine rings is 1. The Bertz CT molecular complexity index is 728. The van der Waals surface area contributed by atoms with Gasteiger partial charge in [0, 0.05) is 36.8 Å². The molecule has 1 N–H and O–H groups in total. The highest BCUT2D eigenvalue weighted by Crippen LogP contribution is 2.12. The van der Waals surface area contributed by atoms with Gasteiger partial charge >= 0.3 is 6.03 Å². The van der Waals surface area contributed by atoms with E-state index in [1.165, 1.54) is 0 Å². The molecule has 6 heteroatoms. The van der Waals surface area contributed by atoms with Gasteiger partial charge in [-0.05, 0) is 36.9 Å². The first-order chi connectivity index (χ1) is 11.5. The van der Waals surface area contributed by atoms with E-state index in [0.29, 0.717) is 6.54 Å². The molecular formula is C18H23N3O2S. The van der Waals surface area contributed by atoms with Crippen LogP contribution in [-0.2, 0) is 6.54 Å². The summed E-state index contributed by atoms with van der Waals surface area (Å²) in [6, 6.07) is 12.7. The zero-order valence-electron chi connectivity index (χ0n) is 14.2. The number of benzene rings is 1. The molecule has 2 rings (SSSR count). The van der Waals surface area contributed by atoms with E-state index in [1.807, 2.05) is 43.5 Å². The van der Waals surface area contributed by atoms with Crippen molar-refractivity contribution < 1.29 is 4.79 Å². The first kappa shape index (κ1) is 18.1. The molecule has 0 fully saturated rings. The molecule has 5 nitrogen and oxygen atoms in total. The third-order valence-electron chi connectivity index (χ3n) is 3.85. The van der Waals surface area contributed by atoms with Crippen LogP contribution in [0.1, 0.15) is 12.5 Å². The van der Waals surface area contributed by atoms with Crippen LogP contribution in [0.4, 0.5) is 10.5 Å². The second-order valence-corrected chi connectivity index (χ2v) is 6.62. The number of nitrogens with one attached hydrogen (secondary N) is 1. The smallest absolute Gasteiger partial charge is 0.321 e. The van der Waals surface area contributed by atoms with E-state index >= 15 is 0 Å². The van der Waals surface area contributed by atoms with E-state index in [9.17, 15) is 9.59 Å². The molecule has 2 amide bonds. The largest absolute Gasteiger partial charge is 0.324 e. The van der Waals surface area contributed by atoms with Gasteiger partial charge < -0.3 is 14.8 Å². The van der Waals surface area contributed by atoms with Crippen LogP contribution in [0.15, 0.2) is 53.5 Å². The van der Waals surface area contributed by atoms with Gasteiger partial charge in [-0.25, -0.2) is 4.79 Å². The van der Waals surface area contributed by atoms with Crippen LogP contribution in [0.5, 0.6) is 0 Å². The van der Waals surface area contributed by atoms with Gasteiger partial charge in [-0.2, -0.15) is 11.8 Å². The minimum atomic E-state index is -0.122. The molecule has 0 aliphatic carbocycles. The molecule has 1 atom stereocenters. The van der Waals surface area contributed by atoms with Crippen molar-refractivity contribution >= 4 is 23.5 Å². The van der Waals surface area contributed by atoms with E-state index in [4.69, 9.17) is 0 Å². The third-order valence-corrected chi connectivity index (χ3v) is 4.66. The number of carbonyl (C=O) groups is 1. The topological polar surface area (TPSA) is 54.3 Å². The summed E-state index contributed by atoms with van der Waals surface area (Å²) in [6.07, 6.45) is 3.79. The minimum absolute atomic E-state index is 0.0284. The number of nitrogens with zero attached hydrogens (tertiary/aromatic N) is 2. The molecule has 0 aliphatic rings. The average molecular weight is 345 g/mol. The molecular weight excluding hydrogens is 322 g/mol. The van der Waals surface area contributed by atoms with Gasteiger partial charge in [-0.1, -0.05) is 18.2 Å². The van der Waals surface area contributed by atoms with Crippen molar-refractivity contribution in [1.29, 1.82) is 0 Å². The number of thioether (sulfide) groups is 1. The van der Waals surface area contributed by atoms with E-state index in [0.717, 1.165) is 17.0 Å². The summed E-state index contributed by atoms with van der Waals surface area (Å²) < 4.78 is 1.64. The SMILES string of the molecule is CSC[C@@H](C)N(C)C(=O)Nc1ccc(Cn2ccccc2=O)cc1. The molecule has 128 valence electrons. The maximum atomic E-state index is 12.2. The summed E-state index contributed by atoms with van der Waals surface area (Å²) in [4.78, 5) is 25.6. The van der Waals surface area contributed by atoms with Crippen molar-refractivity contribution in [3.05, 3.63) is 64.6 Å². The van der Waals surface area contributed by atoms with E-state index in [2.05, 4.69) is 5.32 Å². The molecule has 24 heavy (non-hydrogen) atoms. The number of urea groups is 1. The lowest BCUT2D eigenvalue weighted by Gasteiger charge is -2.24. The van der Waals surface area contributed by atoms with Gasteiger partial charge in [-0.15, -0.1) is 0 Å². The summed E-state index contributed by atoms with van der Waals surface area (Å²) in [6.45, 7) is 2.54. The monoisotopic (exact) mass is 345 g/mol. The number of hydrogen-bond donors (Lipinski definition) is 1. The summed E-state index contributed by atoms with van der Waals surface area (Å²) in [5.41, 5.74) is 1.72. The van der Waals surface area contributed by atoms with Crippen LogP contribution < -0.4 is 10.9 Å². The molecule has 0 unspecified atom stereocenters. The molecule has 1 heterocycles. The molecule has 0 bridgehead atoms. The number of rotatable bonds is 6. The highest BCUT2D eigenvalue weighted by molar-refractivity contribution is 7.98. The van der Waals surface area contributed by atoms with Crippen molar-refractivity contribution in [2.45, 2.75) is 19.5 Å². The normalized spacial score (nSPS) is 11.8. The van der Waals surface area contributed by atoms with E-state index in [1.54, 1.807) is 46.6 Å². The molecule has 0 spiro atoms. The molecule has 1 aromatic carbocycles. The fourth-order valence-corrected chi connectivity index (χ4v) is 2.95. The minimum Gasteiger partial charge on any atom is -0.324 e. The zero-order chi connectivity index (χ0) is 17.5. The van der Waals surface area contributed by atoms with Crippen molar-refractivity contribution in [3.63, 3.8) is 0 Å². The fourth-order valence-electron chi connectivity index (χ4n) is 2.25. The summed E-state index contributed by atoms with van der Waals surface area (Å²) in [5.74, 6) is 0.898. The molecule has 0 saturated carbocycles. The van der Waals surface area contributed by atoms with Gasteiger partial charge in [0.2, 0.25) is 0 Å². The second-order valence-electron chi connectivity index (χ2n) is 5.71. The number of carbonyl (C=O) groups excluding carboxylic acids is 1. The number of hydrogen-bond acceptors (Lipinski definition) is 3. The van der Waals surface area contributed by atoms with Crippen molar-refractivity contribution in [2.75, 3.05) is 24.4 Å². The Balaban J connectivity index is 1.98. The second kappa shape index (κ2) is 8.59. The first-order valence-electron chi connectivity index (χ1n) is 7.78. The van der Waals surface area contributed by atoms with Crippen LogP contribution in [0.2, 0.25) is 0 Å². The van der Waals surface area contributed by atoms with Crippen molar-refractivity contribution in [2.24, 2.45) is 0 Å². The molecule has 0 saturated heterocycles. The maximum absolute atomic E-state index is 12.2. The van der Waals surface area contributed by atoms with Crippen LogP contribution in [0.25, 0.3) is 0 Å². The van der Waals surface area contributed by atoms with Crippen LogP contribution in [0.3, 0.4) is 0 Å². The first-order valence-corrected chi connectivity index (χ1v) is 9.18. The van der Waals surface area contributed by atoms with Crippen LogP contribution >= 0.6 is 11.8 Å². The Morgan fingerprint density at radius 2 is 1.96 bits per heavy atom. The van der Waals surface area contributed by atoms with Gasteiger partial charge in [-0.3, -0.25) is 4.79 Å². The lowest BCUT2D eigenvalue weighted by atomic mass is 10.2. The van der Waals surface area contributed by atoms with E-state index < -0.39 is 0 Å². The van der Waals surface area contributed by atoms with Crippen molar-refractivity contribution in [3.8, 4) is 0 Å². The van der Waals surface area contributed by atoms with E-state index in [-0.39, 0.29) is 17.6 Å². The lowest BCUT2D eigenvalue weighted by molar-refractivity contribution is 0.212. The quantitative estimate of drug-likeness (QED) is 0.875. The lowest BCUT2D eigenvalue weighted by Crippen LogP contribution is -2.39. The Morgan fingerprint density at radius 1 is 1.25 bits per heavy atom. The highest BCUT2D eigenvalue weighted by atomic mass is 32.2. The molecule has 2 aromatic rings. The standard InChI is InChI=1S/C18H23N3O2S/c1-14(13-24-3)20(2)18(23)19-16-9-7-15(8-10-16)12-21-11-5-4-6-17(21)22/h4-11,14H,12-13H2,1-3H3,(H,19,23)/t14-/m1/s1. The van der Waals surface area contributed by atoms with Crippen molar-refractivity contribution in [1.82, 2.24) is 9.47 Å². The van der Waals surface area contributed by atoms with Crippen LogP contribution in [-0.4, -0.2) is 40.6 Å². The Labute approximate surface area is 146 Å². The fraction of sp³-hybridized carbons (Fsp3) is 0.333. The third kappa shape index (κ3) is 4.89. The number of amides is 2.